The van der Waals surface area contributed by atoms with Gasteiger partial charge in [-0.1, -0.05) is 51.5 Å². The van der Waals surface area contributed by atoms with Gasteiger partial charge >= 0.3 is 0 Å². The molecule has 0 N–H and O–H groups in total. The molecule has 96 valence electrons. The Balaban J connectivity index is 1.69. The first-order chi connectivity index (χ1) is 8.27. The number of allylic oxidation sites excluding steroid dienone is 4. The molecular formula is C15H26P2. The molecule has 2 aliphatic carbocycles. The average Bonchev–Trinajstić information content (AvgIpc) is 2.90. The van der Waals surface area contributed by atoms with Crippen molar-refractivity contribution < 1.29 is 0 Å². The molecule has 2 unspecified atom stereocenters. The van der Waals surface area contributed by atoms with Gasteiger partial charge in [0.05, 0.1) is 0 Å². The van der Waals surface area contributed by atoms with Crippen LogP contribution < -0.4 is 0 Å². The highest BCUT2D eigenvalue weighted by Gasteiger charge is 2.21. The van der Waals surface area contributed by atoms with Crippen LogP contribution in [0.15, 0.2) is 24.3 Å². The van der Waals surface area contributed by atoms with Crippen LogP contribution in [0.5, 0.6) is 0 Å². The number of hydrogen-bond acceptors (Lipinski definition) is 0. The topological polar surface area (TPSA) is 0 Å². The van der Waals surface area contributed by atoms with Crippen molar-refractivity contribution in [1.29, 1.82) is 0 Å². The highest BCUT2D eigenvalue weighted by atomic mass is 31.1. The summed E-state index contributed by atoms with van der Waals surface area (Å²) in [7, 11) is 0.530. The van der Waals surface area contributed by atoms with Crippen LogP contribution in [0.3, 0.4) is 0 Å². The van der Waals surface area contributed by atoms with Crippen molar-refractivity contribution in [2.75, 3.05) is 25.7 Å². The van der Waals surface area contributed by atoms with Crippen molar-refractivity contribution >= 4 is 15.8 Å². The third-order valence-electron chi connectivity index (χ3n) is 4.24. The second-order valence-corrected chi connectivity index (χ2v) is 10.8. The van der Waals surface area contributed by atoms with Crippen molar-refractivity contribution in [2.24, 2.45) is 0 Å². The first-order valence-corrected chi connectivity index (χ1v) is 11.1. The molecule has 0 spiro atoms. The van der Waals surface area contributed by atoms with Crippen molar-refractivity contribution in [3.05, 3.63) is 24.3 Å². The maximum Gasteiger partial charge on any atom is 0.0154 e. The normalized spacial score (nSPS) is 25.3. The molecule has 2 rings (SSSR count). The Labute approximate surface area is 109 Å². The van der Waals surface area contributed by atoms with E-state index in [1.807, 2.05) is 0 Å². The Morgan fingerprint density at radius 2 is 1.47 bits per heavy atom. The summed E-state index contributed by atoms with van der Waals surface area (Å²) in [5, 5.41) is 0. The summed E-state index contributed by atoms with van der Waals surface area (Å²) in [6, 6.07) is 0. The molecule has 2 heteroatoms. The van der Waals surface area contributed by atoms with E-state index in [-0.39, 0.29) is 7.92 Å². The molecule has 0 radical (unpaired) electrons. The monoisotopic (exact) mass is 268 g/mol. The molecule has 1 fully saturated rings. The lowest BCUT2D eigenvalue weighted by Crippen LogP contribution is -2.13. The molecule has 0 saturated heterocycles. The summed E-state index contributed by atoms with van der Waals surface area (Å²) in [4.78, 5) is 0. The maximum atomic E-state index is 2.56. The van der Waals surface area contributed by atoms with Gasteiger partial charge < -0.3 is 0 Å². The molecule has 2 aliphatic rings. The predicted octanol–water partition coefficient (Wildman–Crippen LogP) is 5.04. The van der Waals surface area contributed by atoms with Crippen LogP contribution in [0.4, 0.5) is 0 Å². The zero-order chi connectivity index (χ0) is 12.1. The minimum absolute atomic E-state index is 0.207. The molecule has 0 heterocycles. The summed E-state index contributed by atoms with van der Waals surface area (Å²) in [5.74, 6) is 0. The van der Waals surface area contributed by atoms with Gasteiger partial charge in [0.1, 0.15) is 0 Å². The highest BCUT2D eigenvalue weighted by molar-refractivity contribution is 7.61. The van der Waals surface area contributed by atoms with Crippen LogP contribution >= 0.6 is 15.8 Å². The van der Waals surface area contributed by atoms with Gasteiger partial charge in [-0.3, -0.25) is 0 Å². The summed E-state index contributed by atoms with van der Waals surface area (Å²) in [5.41, 5.74) is 1.90. The molecule has 0 aromatic rings. The standard InChI is InChI=1S/C15H26P2/c1-16(14-8-4-3-5-9-14)12-13-17(2)15-10-6-7-11-15/h6-7,10-11,14-15H,3-5,8-9,12-13H2,1-2H3. The second-order valence-electron chi connectivity index (χ2n) is 5.51. The van der Waals surface area contributed by atoms with E-state index in [9.17, 15) is 0 Å². The molecule has 17 heavy (non-hydrogen) atoms. The fraction of sp³-hybridized carbons (Fsp3) is 0.733. The fourth-order valence-electron chi connectivity index (χ4n) is 2.88. The summed E-state index contributed by atoms with van der Waals surface area (Å²) < 4.78 is 0. The molecule has 0 aromatic carbocycles. The van der Waals surface area contributed by atoms with Gasteiger partial charge in [-0.2, -0.15) is 0 Å². The molecular weight excluding hydrogens is 242 g/mol. The Morgan fingerprint density at radius 3 is 2.12 bits per heavy atom. The van der Waals surface area contributed by atoms with E-state index in [1.165, 1.54) is 44.4 Å². The van der Waals surface area contributed by atoms with Crippen LogP contribution in [0, 0.1) is 0 Å². The van der Waals surface area contributed by atoms with Crippen molar-refractivity contribution in [3.8, 4) is 0 Å². The quantitative estimate of drug-likeness (QED) is 0.613. The zero-order valence-electron chi connectivity index (χ0n) is 11.3. The SMILES string of the molecule is CP(CCP(C)C1CCCCC1)C1C=CC=C1. The molecule has 1 saturated carbocycles. The van der Waals surface area contributed by atoms with E-state index in [4.69, 9.17) is 0 Å². The lowest BCUT2D eigenvalue weighted by molar-refractivity contribution is 0.511. The predicted molar refractivity (Wildman–Crippen MR) is 84.4 cm³/mol. The van der Waals surface area contributed by atoms with Gasteiger partial charge in [0.25, 0.3) is 0 Å². The summed E-state index contributed by atoms with van der Waals surface area (Å²) in [6.07, 6.45) is 19.8. The van der Waals surface area contributed by atoms with Crippen LogP contribution in [0.1, 0.15) is 32.1 Å². The number of hydrogen-bond donors (Lipinski definition) is 0. The molecule has 0 amide bonds. The van der Waals surface area contributed by atoms with Crippen molar-refractivity contribution in [3.63, 3.8) is 0 Å². The first-order valence-electron chi connectivity index (χ1n) is 7.03. The van der Waals surface area contributed by atoms with E-state index >= 15 is 0 Å². The smallest absolute Gasteiger partial charge is 0.0154 e. The third kappa shape index (κ3) is 4.18. The zero-order valence-corrected chi connectivity index (χ0v) is 13.1. The summed E-state index contributed by atoms with van der Waals surface area (Å²) >= 11 is 0. The Bertz CT molecular complexity index is 265. The fourth-order valence-corrected chi connectivity index (χ4v) is 8.10. The first kappa shape index (κ1) is 13.8. The van der Waals surface area contributed by atoms with Gasteiger partial charge in [-0.15, -0.1) is 7.92 Å². The lowest BCUT2D eigenvalue weighted by atomic mass is 10.0. The van der Waals surface area contributed by atoms with Gasteiger partial charge in [-0.25, -0.2) is 0 Å². The highest BCUT2D eigenvalue weighted by Crippen LogP contribution is 2.49. The van der Waals surface area contributed by atoms with Crippen molar-refractivity contribution in [1.82, 2.24) is 0 Å². The van der Waals surface area contributed by atoms with Crippen LogP contribution in [0.2, 0.25) is 0 Å². The van der Waals surface area contributed by atoms with Gasteiger partial charge in [0.2, 0.25) is 0 Å². The molecule has 0 bridgehead atoms. The Kier molecular flexibility index (Phi) is 5.71. The molecule has 0 aliphatic heterocycles. The van der Waals surface area contributed by atoms with E-state index in [2.05, 4.69) is 37.6 Å². The second kappa shape index (κ2) is 7.06. The Hall–Kier alpha value is 0.340. The summed E-state index contributed by atoms with van der Waals surface area (Å²) in [6.45, 7) is 5.05. The van der Waals surface area contributed by atoms with Gasteiger partial charge in [0, 0.05) is 5.66 Å². The van der Waals surface area contributed by atoms with Crippen LogP contribution in [0.25, 0.3) is 0 Å². The van der Waals surface area contributed by atoms with E-state index in [1.54, 1.807) is 0 Å². The molecule has 0 nitrogen and oxygen atoms in total. The van der Waals surface area contributed by atoms with Crippen LogP contribution in [-0.2, 0) is 0 Å². The molecule has 2 atom stereocenters. The average molecular weight is 268 g/mol. The van der Waals surface area contributed by atoms with Crippen LogP contribution in [-0.4, -0.2) is 37.0 Å². The van der Waals surface area contributed by atoms with Crippen molar-refractivity contribution in [2.45, 2.75) is 43.4 Å². The van der Waals surface area contributed by atoms with Gasteiger partial charge in [-0.05, 0) is 44.2 Å². The minimum atomic E-state index is 0.207. The van der Waals surface area contributed by atoms with Gasteiger partial charge in [0.15, 0.2) is 0 Å². The third-order valence-corrected chi connectivity index (χ3v) is 9.58. The maximum absolute atomic E-state index is 2.56. The largest absolute Gasteiger partial charge is 0.106 e. The molecule has 0 aromatic heterocycles. The lowest BCUT2D eigenvalue weighted by Gasteiger charge is -2.29. The number of rotatable bonds is 5. The van der Waals surface area contributed by atoms with E-state index in [0.717, 1.165) is 11.3 Å². The van der Waals surface area contributed by atoms with E-state index < -0.39 is 0 Å². The Morgan fingerprint density at radius 1 is 0.882 bits per heavy atom. The minimum Gasteiger partial charge on any atom is -0.106 e. The van der Waals surface area contributed by atoms with E-state index in [0.29, 0.717) is 7.92 Å².